The fourth-order valence-corrected chi connectivity index (χ4v) is 3.23. The highest BCUT2D eigenvalue weighted by atomic mass is 35.5. The molecule has 2 unspecified atom stereocenters. The second-order valence-electron chi connectivity index (χ2n) is 5.07. The Morgan fingerprint density at radius 3 is 2.89 bits per heavy atom. The Kier molecular flexibility index (Phi) is 2.89. The Morgan fingerprint density at radius 1 is 1.53 bits per heavy atom. The molecule has 6 nitrogen and oxygen atoms in total. The number of amides is 1. The van der Waals surface area contributed by atoms with E-state index in [4.69, 9.17) is 11.6 Å². The van der Waals surface area contributed by atoms with E-state index in [1.54, 1.807) is 4.90 Å². The van der Waals surface area contributed by atoms with Gasteiger partial charge in [0.15, 0.2) is 0 Å². The lowest BCUT2D eigenvalue weighted by Gasteiger charge is -2.26. The number of hydrogen-bond acceptors (Lipinski definition) is 4. The first-order chi connectivity index (χ1) is 9.06. The highest BCUT2D eigenvalue weighted by Crippen LogP contribution is 2.38. The summed E-state index contributed by atoms with van der Waals surface area (Å²) in [4.78, 5) is 28.2. The number of rotatable bonds is 2. The molecule has 0 aromatic carbocycles. The molecule has 19 heavy (non-hydrogen) atoms. The van der Waals surface area contributed by atoms with Crippen molar-refractivity contribution in [2.75, 3.05) is 6.54 Å². The van der Waals surface area contributed by atoms with Gasteiger partial charge in [0.25, 0.3) is 11.6 Å². The first-order valence-electron chi connectivity index (χ1n) is 6.17. The molecule has 0 radical (unpaired) electrons. The van der Waals surface area contributed by atoms with E-state index >= 15 is 0 Å². The molecule has 0 N–H and O–H groups in total. The Morgan fingerprint density at radius 2 is 2.32 bits per heavy atom. The highest BCUT2D eigenvalue weighted by molar-refractivity contribution is 6.29. The molecule has 1 amide bonds. The van der Waals surface area contributed by atoms with Crippen LogP contribution in [0, 0.1) is 16.0 Å². The summed E-state index contributed by atoms with van der Waals surface area (Å²) < 4.78 is 0. The maximum Gasteiger partial charge on any atom is 0.300 e. The van der Waals surface area contributed by atoms with Gasteiger partial charge in [-0.05, 0) is 31.2 Å². The molecule has 1 aromatic rings. The summed E-state index contributed by atoms with van der Waals surface area (Å²) in [5, 5.41) is 11.1. The molecule has 1 saturated carbocycles. The molecule has 100 valence electrons. The zero-order chi connectivity index (χ0) is 13.6. The van der Waals surface area contributed by atoms with Gasteiger partial charge in [0.05, 0.1) is 4.92 Å². The van der Waals surface area contributed by atoms with E-state index in [2.05, 4.69) is 4.98 Å². The van der Waals surface area contributed by atoms with Crippen molar-refractivity contribution >= 4 is 23.2 Å². The van der Waals surface area contributed by atoms with Crippen LogP contribution in [0.5, 0.6) is 0 Å². The first-order valence-corrected chi connectivity index (χ1v) is 6.55. The average Bonchev–Trinajstić information content (AvgIpc) is 2.99. The summed E-state index contributed by atoms with van der Waals surface area (Å²) in [6.45, 7) is 0.695. The van der Waals surface area contributed by atoms with Crippen molar-refractivity contribution in [1.82, 2.24) is 9.88 Å². The van der Waals surface area contributed by atoms with E-state index in [1.165, 1.54) is 6.07 Å². The van der Waals surface area contributed by atoms with Gasteiger partial charge in [0.1, 0.15) is 16.9 Å². The molecule has 0 spiro atoms. The maximum atomic E-state index is 12.4. The van der Waals surface area contributed by atoms with Crippen LogP contribution in [0.1, 0.15) is 29.6 Å². The summed E-state index contributed by atoms with van der Waals surface area (Å²) in [6.07, 6.45) is 4.19. The minimum absolute atomic E-state index is 0.0394. The number of pyridine rings is 1. The van der Waals surface area contributed by atoms with Gasteiger partial charge in [-0.25, -0.2) is 4.98 Å². The van der Waals surface area contributed by atoms with E-state index in [-0.39, 0.29) is 28.4 Å². The number of likely N-dealkylation sites (tertiary alicyclic amines) is 1. The van der Waals surface area contributed by atoms with Gasteiger partial charge in [-0.15, -0.1) is 0 Å². The molecule has 2 fully saturated rings. The van der Waals surface area contributed by atoms with Crippen LogP contribution in [-0.2, 0) is 0 Å². The van der Waals surface area contributed by atoms with Gasteiger partial charge in [0, 0.05) is 12.6 Å². The number of aromatic nitrogens is 1. The van der Waals surface area contributed by atoms with Crippen molar-refractivity contribution < 1.29 is 9.72 Å². The van der Waals surface area contributed by atoms with Gasteiger partial charge in [-0.3, -0.25) is 14.9 Å². The fourth-order valence-electron chi connectivity index (χ4n) is 3.07. The predicted octanol–water partition coefficient (Wildman–Crippen LogP) is 2.27. The van der Waals surface area contributed by atoms with Gasteiger partial charge in [0.2, 0.25) is 0 Å². The highest BCUT2D eigenvalue weighted by Gasteiger charge is 2.41. The molecule has 1 aromatic heterocycles. The summed E-state index contributed by atoms with van der Waals surface area (Å²) >= 11 is 5.75. The van der Waals surface area contributed by atoms with Crippen molar-refractivity contribution in [3.05, 3.63) is 33.1 Å². The molecular weight excluding hydrogens is 270 g/mol. The van der Waals surface area contributed by atoms with Crippen molar-refractivity contribution in [3.8, 4) is 0 Å². The van der Waals surface area contributed by atoms with Gasteiger partial charge in [-0.1, -0.05) is 11.6 Å². The third-order valence-electron chi connectivity index (χ3n) is 3.95. The van der Waals surface area contributed by atoms with Crippen molar-refractivity contribution in [2.45, 2.75) is 25.3 Å². The number of halogens is 1. The standard InChI is InChI=1S/C12H12ClN3O3/c13-11-4-9(10(5-14-11)16(18)19)12(17)15-6-7-1-2-8(15)3-7/h4-5,7-8H,1-3,6H2. The van der Waals surface area contributed by atoms with Crippen molar-refractivity contribution in [2.24, 2.45) is 5.92 Å². The number of hydrogen-bond donors (Lipinski definition) is 0. The quantitative estimate of drug-likeness (QED) is 0.473. The molecule has 2 heterocycles. The van der Waals surface area contributed by atoms with Gasteiger partial charge >= 0.3 is 0 Å². The zero-order valence-electron chi connectivity index (χ0n) is 10.1. The SMILES string of the molecule is O=C(c1cc(Cl)ncc1[N+](=O)[O-])N1CC2CCC1C2. The van der Waals surface area contributed by atoms with Crippen LogP contribution >= 0.6 is 11.6 Å². The van der Waals surface area contributed by atoms with Crippen LogP contribution in [0.15, 0.2) is 12.3 Å². The lowest BCUT2D eigenvalue weighted by atomic mass is 10.1. The number of carbonyl (C=O) groups is 1. The predicted molar refractivity (Wildman–Crippen MR) is 68.1 cm³/mol. The van der Waals surface area contributed by atoms with E-state index < -0.39 is 4.92 Å². The van der Waals surface area contributed by atoms with Crippen LogP contribution < -0.4 is 0 Å². The van der Waals surface area contributed by atoms with E-state index in [1.807, 2.05) is 0 Å². The monoisotopic (exact) mass is 281 g/mol. The summed E-state index contributed by atoms with van der Waals surface area (Å²) in [5.41, 5.74) is -0.241. The fraction of sp³-hybridized carbons (Fsp3) is 0.500. The van der Waals surface area contributed by atoms with Crippen LogP contribution in [0.3, 0.4) is 0 Å². The second-order valence-corrected chi connectivity index (χ2v) is 5.46. The van der Waals surface area contributed by atoms with Gasteiger partial charge in [-0.2, -0.15) is 0 Å². The number of carbonyl (C=O) groups excluding carboxylic acids is 1. The summed E-state index contributed by atoms with van der Waals surface area (Å²) in [7, 11) is 0. The van der Waals surface area contributed by atoms with Crippen LogP contribution in [-0.4, -0.2) is 33.3 Å². The Labute approximate surface area is 114 Å². The number of piperidine rings is 1. The minimum atomic E-state index is -0.592. The molecule has 1 aliphatic carbocycles. The minimum Gasteiger partial charge on any atom is -0.335 e. The van der Waals surface area contributed by atoms with Crippen LogP contribution in [0.2, 0.25) is 5.15 Å². The lowest BCUT2D eigenvalue weighted by molar-refractivity contribution is -0.385. The third kappa shape index (κ3) is 2.06. The zero-order valence-corrected chi connectivity index (χ0v) is 10.8. The Hall–Kier alpha value is -1.69. The van der Waals surface area contributed by atoms with Crippen molar-refractivity contribution in [1.29, 1.82) is 0 Å². The molecular formula is C12H12ClN3O3. The molecule has 7 heteroatoms. The topological polar surface area (TPSA) is 76.3 Å². The summed E-state index contributed by atoms with van der Waals surface area (Å²) in [6, 6.07) is 1.51. The average molecular weight is 282 g/mol. The molecule has 2 bridgehead atoms. The molecule has 1 saturated heterocycles. The number of fused-ring (bicyclic) bond motifs is 2. The van der Waals surface area contributed by atoms with Crippen LogP contribution in [0.25, 0.3) is 0 Å². The molecule has 2 aliphatic rings. The normalized spacial score (nSPS) is 24.8. The summed E-state index contributed by atoms with van der Waals surface area (Å²) in [5.74, 6) is 0.244. The van der Waals surface area contributed by atoms with E-state index in [0.29, 0.717) is 12.5 Å². The van der Waals surface area contributed by atoms with Crippen molar-refractivity contribution in [3.63, 3.8) is 0 Å². The van der Waals surface area contributed by atoms with E-state index in [0.717, 1.165) is 25.5 Å². The van der Waals surface area contributed by atoms with E-state index in [9.17, 15) is 14.9 Å². The lowest BCUT2D eigenvalue weighted by Crippen LogP contribution is -2.37. The Balaban J connectivity index is 1.95. The Bertz CT molecular complexity index is 563. The number of nitro groups is 1. The van der Waals surface area contributed by atoms with Crippen LogP contribution in [0.4, 0.5) is 5.69 Å². The number of nitrogens with zero attached hydrogens (tertiary/aromatic N) is 3. The smallest absolute Gasteiger partial charge is 0.300 e. The second kappa shape index (κ2) is 4.45. The molecule has 3 rings (SSSR count). The molecule has 2 atom stereocenters. The first kappa shape index (κ1) is 12.3. The largest absolute Gasteiger partial charge is 0.335 e. The maximum absolute atomic E-state index is 12.4. The molecule has 1 aliphatic heterocycles. The van der Waals surface area contributed by atoms with Gasteiger partial charge < -0.3 is 4.90 Å². The third-order valence-corrected chi connectivity index (χ3v) is 4.15.